The Hall–Kier alpha value is -2.53. The summed E-state index contributed by atoms with van der Waals surface area (Å²) in [6.45, 7) is 4.57. The van der Waals surface area contributed by atoms with Gasteiger partial charge < -0.3 is 4.98 Å². The van der Waals surface area contributed by atoms with Crippen LogP contribution in [0.2, 0.25) is 0 Å². The number of hydrogen-bond donors (Lipinski definition) is 1. The van der Waals surface area contributed by atoms with E-state index in [0.29, 0.717) is 0 Å². The van der Waals surface area contributed by atoms with E-state index in [4.69, 9.17) is 4.98 Å². The molecule has 1 N–H and O–H groups in total. The molecule has 0 saturated carbocycles. The molecule has 0 fully saturated rings. The first kappa shape index (κ1) is 16.0. The minimum Gasteiger partial charge on any atom is -0.310 e. The van der Waals surface area contributed by atoms with Crippen LogP contribution in [0.25, 0.3) is 10.8 Å². The summed E-state index contributed by atoms with van der Waals surface area (Å²) in [5.41, 5.74) is 3.14. The Balaban J connectivity index is 1.61. The molecule has 2 aromatic heterocycles. The van der Waals surface area contributed by atoms with E-state index in [0.717, 1.165) is 61.4 Å². The van der Waals surface area contributed by atoms with Crippen molar-refractivity contribution in [1.82, 2.24) is 19.9 Å². The first-order valence-corrected chi connectivity index (χ1v) is 8.89. The number of hydrogen-bond acceptors (Lipinski definition) is 4. The fraction of sp³-hybridized carbons (Fsp3) is 0.350. The second-order valence-electron chi connectivity index (χ2n) is 6.66. The van der Waals surface area contributed by atoms with Gasteiger partial charge in [-0.2, -0.15) is 0 Å². The Morgan fingerprint density at radius 3 is 3.08 bits per heavy atom. The van der Waals surface area contributed by atoms with Gasteiger partial charge in [-0.25, -0.2) is 4.98 Å². The van der Waals surface area contributed by atoms with Gasteiger partial charge in [-0.15, -0.1) is 0 Å². The molecule has 0 unspecified atom stereocenters. The Labute approximate surface area is 146 Å². The number of aromatic amines is 1. The van der Waals surface area contributed by atoms with Crippen LogP contribution in [0.1, 0.15) is 36.0 Å². The lowest BCUT2D eigenvalue weighted by Gasteiger charge is -2.28. The van der Waals surface area contributed by atoms with Crippen LogP contribution in [-0.4, -0.2) is 26.4 Å². The fourth-order valence-electron chi connectivity index (χ4n) is 3.60. The summed E-state index contributed by atoms with van der Waals surface area (Å²) in [6, 6.07) is 8.42. The van der Waals surface area contributed by atoms with E-state index in [1.807, 2.05) is 12.4 Å². The maximum atomic E-state index is 12.3. The van der Waals surface area contributed by atoms with Crippen LogP contribution < -0.4 is 5.56 Å². The summed E-state index contributed by atoms with van der Waals surface area (Å²) in [7, 11) is 0. The SMILES string of the molecule is CCCc1nc2c(c(=O)[nH]1)CCN(Cc1cccc3cnccc13)C2. The summed E-state index contributed by atoms with van der Waals surface area (Å²) in [6.07, 6.45) is 6.31. The second-order valence-corrected chi connectivity index (χ2v) is 6.66. The Bertz CT molecular complexity index is 958. The van der Waals surface area contributed by atoms with Gasteiger partial charge in [0.15, 0.2) is 0 Å². The van der Waals surface area contributed by atoms with E-state index in [9.17, 15) is 4.79 Å². The highest BCUT2D eigenvalue weighted by molar-refractivity contribution is 5.84. The van der Waals surface area contributed by atoms with Gasteiger partial charge in [0.1, 0.15) is 5.82 Å². The number of benzene rings is 1. The number of aryl methyl sites for hydroxylation is 1. The lowest BCUT2D eigenvalue weighted by molar-refractivity contribution is 0.241. The van der Waals surface area contributed by atoms with E-state index in [-0.39, 0.29) is 5.56 Å². The molecule has 0 saturated heterocycles. The van der Waals surface area contributed by atoms with Crippen molar-refractivity contribution in [2.75, 3.05) is 6.54 Å². The quantitative estimate of drug-likeness (QED) is 0.797. The highest BCUT2D eigenvalue weighted by Gasteiger charge is 2.21. The summed E-state index contributed by atoms with van der Waals surface area (Å²) >= 11 is 0. The number of nitrogens with one attached hydrogen (secondary N) is 1. The average molecular weight is 334 g/mol. The maximum absolute atomic E-state index is 12.3. The van der Waals surface area contributed by atoms with Gasteiger partial charge in [0.05, 0.1) is 5.69 Å². The third-order valence-corrected chi connectivity index (χ3v) is 4.85. The predicted molar refractivity (Wildman–Crippen MR) is 98.4 cm³/mol. The molecular weight excluding hydrogens is 312 g/mol. The summed E-state index contributed by atoms with van der Waals surface area (Å²) in [5.74, 6) is 0.810. The van der Waals surface area contributed by atoms with Crippen molar-refractivity contribution < 1.29 is 0 Å². The number of rotatable bonds is 4. The lowest BCUT2D eigenvalue weighted by Crippen LogP contribution is -2.35. The molecule has 3 aromatic rings. The van der Waals surface area contributed by atoms with Crippen LogP contribution in [0.4, 0.5) is 0 Å². The Morgan fingerprint density at radius 1 is 1.28 bits per heavy atom. The number of fused-ring (bicyclic) bond motifs is 2. The van der Waals surface area contributed by atoms with Gasteiger partial charge in [0, 0.05) is 49.4 Å². The predicted octanol–water partition coefficient (Wildman–Crippen LogP) is 2.83. The number of pyridine rings is 1. The molecule has 1 aliphatic heterocycles. The molecule has 0 atom stereocenters. The minimum absolute atomic E-state index is 0.0457. The zero-order chi connectivity index (χ0) is 17.2. The van der Waals surface area contributed by atoms with Crippen molar-refractivity contribution in [3.63, 3.8) is 0 Å². The van der Waals surface area contributed by atoms with Crippen LogP contribution >= 0.6 is 0 Å². The first-order chi connectivity index (χ1) is 12.2. The van der Waals surface area contributed by atoms with Gasteiger partial charge in [-0.1, -0.05) is 25.1 Å². The topological polar surface area (TPSA) is 61.9 Å². The van der Waals surface area contributed by atoms with Crippen molar-refractivity contribution in [3.8, 4) is 0 Å². The molecule has 5 nitrogen and oxygen atoms in total. The molecule has 0 radical (unpaired) electrons. The molecule has 25 heavy (non-hydrogen) atoms. The van der Waals surface area contributed by atoms with Gasteiger partial charge in [-0.3, -0.25) is 14.7 Å². The zero-order valence-electron chi connectivity index (χ0n) is 14.5. The molecule has 4 rings (SSSR count). The molecule has 1 aromatic carbocycles. The van der Waals surface area contributed by atoms with Gasteiger partial charge in [-0.05, 0) is 29.9 Å². The average Bonchev–Trinajstić information content (AvgIpc) is 2.62. The molecule has 0 spiro atoms. The van der Waals surface area contributed by atoms with Crippen molar-refractivity contribution in [2.45, 2.75) is 39.3 Å². The van der Waals surface area contributed by atoms with Crippen molar-refractivity contribution in [1.29, 1.82) is 0 Å². The summed E-state index contributed by atoms with van der Waals surface area (Å²) in [5, 5.41) is 2.41. The number of H-pyrrole nitrogens is 1. The van der Waals surface area contributed by atoms with E-state index >= 15 is 0 Å². The van der Waals surface area contributed by atoms with Crippen molar-refractivity contribution in [3.05, 3.63) is 69.7 Å². The van der Waals surface area contributed by atoms with Crippen LogP contribution in [0.3, 0.4) is 0 Å². The van der Waals surface area contributed by atoms with Crippen molar-refractivity contribution in [2.24, 2.45) is 0 Å². The van der Waals surface area contributed by atoms with Crippen molar-refractivity contribution >= 4 is 10.8 Å². The highest BCUT2D eigenvalue weighted by Crippen LogP contribution is 2.22. The summed E-state index contributed by atoms with van der Waals surface area (Å²) in [4.78, 5) is 26.5. The second kappa shape index (κ2) is 6.76. The molecule has 5 heteroatoms. The lowest BCUT2D eigenvalue weighted by atomic mass is 10.0. The van der Waals surface area contributed by atoms with Crippen LogP contribution in [0.15, 0.2) is 41.5 Å². The zero-order valence-corrected chi connectivity index (χ0v) is 14.5. The van der Waals surface area contributed by atoms with Gasteiger partial charge in [0.25, 0.3) is 5.56 Å². The third-order valence-electron chi connectivity index (χ3n) is 4.85. The molecule has 0 aliphatic carbocycles. The smallest absolute Gasteiger partial charge is 0.254 e. The highest BCUT2D eigenvalue weighted by atomic mass is 16.1. The van der Waals surface area contributed by atoms with Crippen LogP contribution in [-0.2, 0) is 25.9 Å². The number of nitrogens with zero attached hydrogens (tertiary/aromatic N) is 3. The van der Waals surface area contributed by atoms with E-state index in [1.54, 1.807) is 0 Å². The van der Waals surface area contributed by atoms with E-state index < -0.39 is 0 Å². The normalized spacial score (nSPS) is 14.6. The van der Waals surface area contributed by atoms with Gasteiger partial charge in [0.2, 0.25) is 0 Å². The fourth-order valence-corrected chi connectivity index (χ4v) is 3.60. The largest absolute Gasteiger partial charge is 0.310 e. The maximum Gasteiger partial charge on any atom is 0.254 e. The molecule has 1 aliphatic rings. The molecule has 0 amide bonds. The van der Waals surface area contributed by atoms with E-state index in [2.05, 4.69) is 46.1 Å². The molecular formula is C20H22N4O. The minimum atomic E-state index is 0.0457. The van der Waals surface area contributed by atoms with Crippen LogP contribution in [0.5, 0.6) is 0 Å². The molecule has 0 bridgehead atoms. The molecule has 3 heterocycles. The standard InChI is InChI=1S/C20H22N4O/c1-2-4-19-22-18-13-24(10-8-17(18)20(25)23-19)12-15-6-3-5-14-11-21-9-7-16(14)15/h3,5-7,9,11H,2,4,8,10,12-13H2,1H3,(H,22,23,25). The Kier molecular flexibility index (Phi) is 4.32. The first-order valence-electron chi connectivity index (χ1n) is 8.89. The molecule has 128 valence electrons. The third kappa shape index (κ3) is 3.20. The monoisotopic (exact) mass is 334 g/mol. The van der Waals surface area contributed by atoms with Crippen LogP contribution in [0, 0.1) is 0 Å². The summed E-state index contributed by atoms with van der Waals surface area (Å²) < 4.78 is 0. The van der Waals surface area contributed by atoms with E-state index in [1.165, 1.54) is 10.9 Å². The Morgan fingerprint density at radius 2 is 2.20 bits per heavy atom. The van der Waals surface area contributed by atoms with Gasteiger partial charge >= 0.3 is 0 Å². The number of aromatic nitrogens is 3.